The Morgan fingerprint density at radius 2 is 2.12 bits per heavy atom. The van der Waals surface area contributed by atoms with Crippen LogP contribution in [0.1, 0.15) is 30.7 Å². The maximum Gasteiger partial charge on any atom is 0.319 e. The van der Waals surface area contributed by atoms with E-state index < -0.39 is 0 Å². The van der Waals surface area contributed by atoms with Crippen molar-refractivity contribution in [2.24, 2.45) is 0 Å². The lowest BCUT2D eigenvalue weighted by molar-refractivity contribution is -0.139. The molecule has 0 aromatic heterocycles. The molecule has 1 N–H and O–H groups in total. The highest BCUT2D eigenvalue weighted by Crippen LogP contribution is 2.34. The summed E-state index contributed by atoms with van der Waals surface area (Å²) in [6.45, 7) is 0.310. The molecular weight excluding hydrogens is 214 g/mol. The van der Waals surface area contributed by atoms with Crippen molar-refractivity contribution in [3.05, 3.63) is 35.9 Å². The Morgan fingerprint density at radius 3 is 2.82 bits per heavy atom. The van der Waals surface area contributed by atoms with E-state index >= 15 is 0 Å². The third-order valence-electron chi connectivity index (χ3n) is 3.48. The van der Waals surface area contributed by atoms with E-state index in [-0.39, 0.29) is 5.97 Å². The highest BCUT2D eigenvalue weighted by atomic mass is 16.5. The first-order chi connectivity index (χ1) is 8.31. The monoisotopic (exact) mass is 233 g/mol. The Hall–Kier alpha value is -1.35. The Bertz CT molecular complexity index is 364. The Kier molecular flexibility index (Phi) is 4.15. The summed E-state index contributed by atoms with van der Waals surface area (Å²) >= 11 is 0. The third-order valence-corrected chi connectivity index (χ3v) is 3.48. The molecule has 1 fully saturated rings. The fourth-order valence-corrected chi connectivity index (χ4v) is 2.59. The number of methoxy groups -OCH3 is 1. The molecule has 1 aromatic carbocycles. The number of hydrogen-bond acceptors (Lipinski definition) is 3. The summed E-state index contributed by atoms with van der Waals surface area (Å²) in [6.07, 6.45) is 3.55. The predicted octanol–water partition coefficient (Wildman–Crippen LogP) is 2.09. The number of ether oxygens (including phenoxy) is 1. The number of nitrogens with one attached hydrogen (secondary N) is 1. The molecule has 3 nitrogen and oxygen atoms in total. The topological polar surface area (TPSA) is 38.3 Å². The zero-order valence-corrected chi connectivity index (χ0v) is 10.2. The van der Waals surface area contributed by atoms with Crippen molar-refractivity contribution in [2.75, 3.05) is 13.7 Å². The van der Waals surface area contributed by atoms with Crippen LogP contribution < -0.4 is 5.32 Å². The molecule has 0 radical (unpaired) electrons. The van der Waals surface area contributed by atoms with Crippen molar-refractivity contribution in [3.63, 3.8) is 0 Å². The maximum atomic E-state index is 11.1. The van der Waals surface area contributed by atoms with Gasteiger partial charge in [-0.25, -0.2) is 0 Å². The van der Waals surface area contributed by atoms with Crippen molar-refractivity contribution >= 4 is 5.97 Å². The van der Waals surface area contributed by atoms with Crippen LogP contribution in [0, 0.1) is 0 Å². The van der Waals surface area contributed by atoms with Gasteiger partial charge in [0.05, 0.1) is 13.7 Å². The lowest BCUT2D eigenvalue weighted by Crippen LogP contribution is -2.35. The van der Waals surface area contributed by atoms with Gasteiger partial charge in [0.2, 0.25) is 0 Å². The van der Waals surface area contributed by atoms with Crippen molar-refractivity contribution in [3.8, 4) is 0 Å². The number of esters is 1. The van der Waals surface area contributed by atoms with Crippen LogP contribution in [0.3, 0.4) is 0 Å². The van der Waals surface area contributed by atoms with Crippen LogP contribution in [0.2, 0.25) is 0 Å². The van der Waals surface area contributed by atoms with Gasteiger partial charge in [0.25, 0.3) is 0 Å². The molecule has 0 heterocycles. The van der Waals surface area contributed by atoms with Crippen LogP contribution >= 0.6 is 0 Å². The number of rotatable bonds is 4. The average Bonchev–Trinajstić information content (AvgIpc) is 2.85. The van der Waals surface area contributed by atoms with Gasteiger partial charge < -0.3 is 10.1 Å². The molecule has 1 aliphatic rings. The predicted molar refractivity (Wildman–Crippen MR) is 66.8 cm³/mol. The van der Waals surface area contributed by atoms with E-state index in [0.29, 0.717) is 18.5 Å². The van der Waals surface area contributed by atoms with Gasteiger partial charge in [0.15, 0.2) is 0 Å². The molecule has 92 valence electrons. The Labute approximate surface area is 102 Å². The molecule has 2 atom stereocenters. The number of hydrogen-bond donors (Lipinski definition) is 1. The number of carbonyl (C=O) groups is 1. The minimum atomic E-state index is -0.191. The molecule has 0 unspecified atom stereocenters. The molecule has 0 saturated heterocycles. The molecule has 3 heteroatoms. The lowest BCUT2D eigenvalue weighted by atomic mass is 9.94. The van der Waals surface area contributed by atoms with Gasteiger partial charge in [-0.15, -0.1) is 0 Å². The summed E-state index contributed by atoms with van der Waals surface area (Å²) in [4.78, 5) is 11.1. The normalized spacial score (nSPS) is 23.6. The molecule has 0 spiro atoms. The van der Waals surface area contributed by atoms with Gasteiger partial charge in [-0.2, -0.15) is 0 Å². The minimum absolute atomic E-state index is 0.191. The van der Waals surface area contributed by atoms with E-state index in [0.717, 1.165) is 6.42 Å². The van der Waals surface area contributed by atoms with Crippen molar-refractivity contribution in [1.29, 1.82) is 0 Å². The second-order valence-electron chi connectivity index (χ2n) is 4.51. The first kappa shape index (κ1) is 12.1. The summed E-state index contributed by atoms with van der Waals surface area (Å²) in [5.74, 6) is 0.338. The fraction of sp³-hybridized carbons (Fsp3) is 0.500. The highest BCUT2D eigenvalue weighted by Gasteiger charge is 2.28. The van der Waals surface area contributed by atoms with Crippen LogP contribution in [0.4, 0.5) is 0 Å². The molecule has 1 saturated carbocycles. The molecule has 0 aliphatic heterocycles. The van der Waals surface area contributed by atoms with E-state index in [9.17, 15) is 4.79 Å². The largest absolute Gasteiger partial charge is 0.468 e. The highest BCUT2D eigenvalue weighted by molar-refractivity contribution is 5.71. The van der Waals surface area contributed by atoms with Crippen LogP contribution in [0.25, 0.3) is 0 Å². The summed E-state index contributed by atoms with van der Waals surface area (Å²) in [7, 11) is 1.42. The quantitative estimate of drug-likeness (QED) is 0.809. The smallest absolute Gasteiger partial charge is 0.319 e. The maximum absolute atomic E-state index is 11.1. The molecule has 0 amide bonds. The zero-order valence-electron chi connectivity index (χ0n) is 10.2. The average molecular weight is 233 g/mol. The summed E-state index contributed by atoms with van der Waals surface area (Å²) in [5.41, 5.74) is 1.37. The summed E-state index contributed by atoms with van der Waals surface area (Å²) in [6, 6.07) is 10.9. The second-order valence-corrected chi connectivity index (χ2v) is 4.51. The number of benzene rings is 1. The van der Waals surface area contributed by atoms with Crippen molar-refractivity contribution in [1.82, 2.24) is 5.32 Å². The van der Waals surface area contributed by atoms with E-state index in [4.69, 9.17) is 0 Å². The Morgan fingerprint density at radius 1 is 1.35 bits per heavy atom. The van der Waals surface area contributed by atoms with Gasteiger partial charge in [0, 0.05) is 6.04 Å². The van der Waals surface area contributed by atoms with Crippen molar-refractivity contribution in [2.45, 2.75) is 31.2 Å². The van der Waals surface area contributed by atoms with Crippen LogP contribution in [0.15, 0.2) is 30.3 Å². The molecule has 1 aromatic rings. The van der Waals surface area contributed by atoms with E-state index in [1.165, 1.54) is 25.5 Å². The SMILES string of the molecule is COC(=O)CN[C@@H]1CCC[C@@H]1c1ccccc1. The van der Waals surface area contributed by atoms with Gasteiger partial charge in [-0.05, 0) is 24.3 Å². The fourth-order valence-electron chi connectivity index (χ4n) is 2.59. The molecule has 0 bridgehead atoms. The van der Waals surface area contributed by atoms with Crippen LogP contribution in [-0.4, -0.2) is 25.7 Å². The molecule has 17 heavy (non-hydrogen) atoms. The van der Waals surface area contributed by atoms with E-state index in [1.807, 2.05) is 6.07 Å². The van der Waals surface area contributed by atoms with Crippen LogP contribution in [-0.2, 0) is 9.53 Å². The van der Waals surface area contributed by atoms with Gasteiger partial charge in [-0.3, -0.25) is 4.79 Å². The minimum Gasteiger partial charge on any atom is -0.468 e. The first-order valence-corrected chi connectivity index (χ1v) is 6.16. The second kappa shape index (κ2) is 5.82. The summed E-state index contributed by atoms with van der Waals surface area (Å²) in [5, 5.41) is 3.31. The molecule has 1 aliphatic carbocycles. The van der Waals surface area contributed by atoms with E-state index in [1.54, 1.807) is 0 Å². The van der Waals surface area contributed by atoms with Crippen molar-refractivity contribution < 1.29 is 9.53 Å². The summed E-state index contributed by atoms with van der Waals surface area (Å²) < 4.78 is 4.65. The van der Waals surface area contributed by atoms with Gasteiger partial charge in [0.1, 0.15) is 0 Å². The molecule has 2 rings (SSSR count). The van der Waals surface area contributed by atoms with E-state index in [2.05, 4.69) is 34.3 Å². The van der Waals surface area contributed by atoms with Crippen LogP contribution in [0.5, 0.6) is 0 Å². The standard InChI is InChI=1S/C14H19NO2/c1-17-14(16)10-15-13-9-5-8-12(13)11-6-3-2-4-7-11/h2-4,6-7,12-13,15H,5,8-10H2,1H3/t12-,13-/m1/s1. The first-order valence-electron chi connectivity index (χ1n) is 6.16. The number of carbonyl (C=O) groups excluding carboxylic acids is 1. The lowest BCUT2D eigenvalue weighted by Gasteiger charge is -2.20. The zero-order chi connectivity index (χ0) is 12.1. The third kappa shape index (κ3) is 3.07. The Balaban J connectivity index is 1.96. The van der Waals surface area contributed by atoms with Gasteiger partial charge >= 0.3 is 5.97 Å². The molecular formula is C14H19NO2. The van der Waals surface area contributed by atoms with Gasteiger partial charge in [-0.1, -0.05) is 36.8 Å².